The Hall–Kier alpha value is -1.49. The largest absolute Gasteiger partial charge is 0.388 e. The fourth-order valence-corrected chi connectivity index (χ4v) is 2.42. The van der Waals surface area contributed by atoms with E-state index in [9.17, 15) is 13.9 Å². The third kappa shape index (κ3) is 3.15. The van der Waals surface area contributed by atoms with Crippen LogP contribution in [0.3, 0.4) is 0 Å². The molecule has 0 bridgehead atoms. The summed E-state index contributed by atoms with van der Waals surface area (Å²) >= 11 is 6.02. The number of aliphatic hydroxyl groups excluding tert-OH is 1. The number of aliphatic hydroxyl groups is 1. The number of hydrogen-bond acceptors (Lipinski definition) is 2. The molecule has 0 saturated carbocycles. The topological polar surface area (TPSA) is 46.2 Å². The van der Waals surface area contributed by atoms with Gasteiger partial charge in [-0.3, -0.25) is 0 Å². The van der Waals surface area contributed by atoms with Gasteiger partial charge in [-0.25, -0.2) is 8.78 Å². The van der Waals surface area contributed by atoms with Crippen LogP contribution in [0.25, 0.3) is 0 Å². The van der Waals surface area contributed by atoms with E-state index in [-0.39, 0.29) is 6.54 Å². The van der Waals surface area contributed by atoms with Crippen LogP contribution >= 0.6 is 11.6 Å². The normalized spacial score (nSPS) is 14.1. The van der Waals surface area contributed by atoms with Crippen LogP contribution in [0.1, 0.15) is 23.1 Å². The van der Waals surface area contributed by atoms with Gasteiger partial charge < -0.3 is 10.8 Å². The molecule has 2 unspecified atom stereocenters. The molecule has 0 aliphatic carbocycles. The highest BCUT2D eigenvalue weighted by molar-refractivity contribution is 6.31. The Balaban J connectivity index is 2.39. The van der Waals surface area contributed by atoms with Gasteiger partial charge in [-0.1, -0.05) is 29.8 Å². The lowest BCUT2D eigenvalue weighted by Crippen LogP contribution is -2.20. The summed E-state index contributed by atoms with van der Waals surface area (Å²) in [5.74, 6) is -2.05. The first-order valence-electron chi connectivity index (χ1n) is 6.11. The molecule has 0 spiro atoms. The number of rotatable bonds is 4. The summed E-state index contributed by atoms with van der Waals surface area (Å²) in [4.78, 5) is 0. The second-order valence-corrected chi connectivity index (χ2v) is 4.92. The molecule has 2 aromatic carbocycles. The molecule has 2 rings (SSSR count). The first-order chi connectivity index (χ1) is 9.52. The molecule has 2 aromatic rings. The van der Waals surface area contributed by atoms with Crippen molar-refractivity contribution in [3.05, 3.63) is 70.2 Å². The van der Waals surface area contributed by atoms with Crippen molar-refractivity contribution in [2.45, 2.75) is 12.0 Å². The van der Waals surface area contributed by atoms with Crippen LogP contribution in [0.15, 0.2) is 42.5 Å². The fraction of sp³-hybridized carbons (Fsp3) is 0.200. The van der Waals surface area contributed by atoms with Crippen molar-refractivity contribution >= 4 is 11.6 Å². The van der Waals surface area contributed by atoms with Gasteiger partial charge in [0.15, 0.2) is 0 Å². The SMILES string of the molecule is NCC(c1cc(F)cc(F)c1)C(O)c1ccccc1Cl. The lowest BCUT2D eigenvalue weighted by Gasteiger charge is -2.23. The maximum atomic E-state index is 13.3. The third-order valence-electron chi connectivity index (χ3n) is 3.17. The van der Waals surface area contributed by atoms with Crippen LogP contribution in [-0.2, 0) is 0 Å². The van der Waals surface area contributed by atoms with Gasteiger partial charge in [-0.05, 0) is 29.3 Å². The number of halogens is 3. The standard InChI is InChI=1S/C15H14ClF2NO/c16-14-4-2-1-3-12(14)15(20)13(8-19)9-5-10(17)7-11(18)6-9/h1-7,13,15,20H,8,19H2. The van der Waals surface area contributed by atoms with Gasteiger partial charge in [-0.15, -0.1) is 0 Å². The molecular formula is C15H14ClF2NO. The Morgan fingerprint density at radius 1 is 1.10 bits per heavy atom. The van der Waals surface area contributed by atoms with Crippen LogP contribution < -0.4 is 5.73 Å². The molecule has 106 valence electrons. The Bertz CT molecular complexity index is 586. The fourth-order valence-electron chi connectivity index (χ4n) is 2.17. The maximum absolute atomic E-state index is 13.3. The van der Waals surface area contributed by atoms with Gasteiger partial charge in [0.1, 0.15) is 11.6 Å². The van der Waals surface area contributed by atoms with Gasteiger partial charge in [-0.2, -0.15) is 0 Å². The first-order valence-corrected chi connectivity index (χ1v) is 6.49. The van der Waals surface area contributed by atoms with Gasteiger partial charge in [0.25, 0.3) is 0 Å². The molecule has 2 atom stereocenters. The zero-order chi connectivity index (χ0) is 14.7. The van der Waals surface area contributed by atoms with Crippen molar-refractivity contribution in [1.29, 1.82) is 0 Å². The monoisotopic (exact) mass is 297 g/mol. The van der Waals surface area contributed by atoms with Crippen LogP contribution in [-0.4, -0.2) is 11.7 Å². The van der Waals surface area contributed by atoms with Crippen molar-refractivity contribution < 1.29 is 13.9 Å². The van der Waals surface area contributed by atoms with Crippen LogP contribution in [0.4, 0.5) is 8.78 Å². The van der Waals surface area contributed by atoms with Crippen molar-refractivity contribution in [3.8, 4) is 0 Å². The molecule has 0 amide bonds. The molecule has 0 aromatic heterocycles. The Morgan fingerprint density at radius 3 is 2.25 bits per heavy atom. The molecule has 0 aliphatic rings. The van der Waals surface area contributed by atoms with E-state index in [1.807, 2.05) is 0 Å². The first kappa shape index (κ1) is 14.9. The Morgan fingerprint density at radius 2 is 1.70 bits per heavy atom. The molecule has 0 fully saturated rings. The van der Waals surface area contributed by atoms with Crippen molar-refractivity contribution in [2.75, 3.05) is 6.54 Å². The van der Waals surface area contributed by atoms with Crippen LogP contribution in [0.2, 0.25) is 5.02 Å². The van der Waals surface area contributed by atoms with Gasteiger partial charge in [0.2, 0.25) is 0 Å². The van der Waals surface area contributed by atoms with Crippen molar-refractivity contribution in [3.63, 3.8) is 0 Å². The minimum absolute atomic E-state index is 0.0370. The zero-order valence-electron chi connectivity index (χ0n) is 10.6. The van der Waals surface area contributed by atoms with E-state index in [0.29, 0.717) is 16.1 Å². The smallest absolute Gasteiger partial charge is 0.126 e. The average Bonchev–Trinajstić information content (AvgIpc) is 2.38. The van der Waals surface area contributed by atoms with E-state index in [1.165, 1.54) is 12.1 Å². The van der Waals surface area contributed by atoms with Crippen molar-refractivity contribution in [2.24, 2.45) is 5.73 Å². The molecule has 0 aliphatic heterocycles. The maximum Gasteiger partial charge on any atom is 0.126 e. The zero-order valence-corrected chi connectivity index (χ0v) is 11.3. The quantitative estimate of drug-likeness (QED) is 0.908. The molecule has 2 nitrogen and oxygen atoms in total. The number of nitrogens with two attached hydrogens (primary N) is 1. The summed E-state index contributed by atoms with van der Waals surface area (Å²) in [5.41, 5.74) is 6.43. The molecule has 5 heteroatoms. The molecule has 0 saturated heterocycles. The minimum Gasteiger partial charge on any atom is -0.388 e. The molecule has 0 heterocycles. The highest BCUT2D eigenvalue weighted by atomic mass is 35.5. The van der Waals surface area contributed by atoms with Gasteiger partial charge in [0, 0.05) is 23.6 Å². The lowest BCUT2D eigenvalue weighted by atomic mass is 9.89. The number of hydrogen-bond donors (Lipinski definition) is 2. The molecular weight excluding hydrogens is 284 g/mol. The highest BCUT2D eigenvalue weighted by Gasteiger charge is 2.24. The third-order valence-corrected chi connectivity index (χ3v) is 3.52. The van der Waals surface area contributed by atoms with Gasteiger partial charge >= 0.3 is 0 Å². The summed E-state index contributed by atoms with van der Waals surface area (Å²) < 4.78 is 26.6. The van der Waals surface area contributed by atoms with E-state index in [0.717, 1.165) is 6.07 Å². The average molecular weight is 298 g/mol. The van der Waals surface area contributed by atoms with E-state index >= 15 is 0 Å². The van der Waals surface area contributed by atoms with E-state index < -0.39 is 23.7 Å². The lowest BCUT2D eigenvalue weighted by molar-refractivity contribution is 0.147. The predicted octanol–water partition coefficient (Wildman–Crippen LogP) is 3.39. The second-order valence-electron chi connectivity index (χ2n) is 4.51. The second kappa shape index (κ2) is 6.31. The van der Waals surface area contributed by atoms with Gasteiger partial charge in [0.05, 0.1) is 6.10 Å². The van der Waals surface area contributed by atoms with E-state index in [2.05, 4.69) is 0 Å². The van der Waals surface area contributed by atoms with Crippen LogP contribution in [0.5, 0.6) is 0 Å². The molecule has 0 radical (unpaired) electrons. The Labute approximate surface area is 120 Å². The summed E-state index contributed by atoms with van der Waals surface area (Å²) in [6.07, 6.45) is -1.03. The van der Waals surface area contributed by atoms with E-state index in [1.54, 1.807) is 24.3 Å². The summed E-state index contributed by atoms with van der Waals surface area (Å²) in [5, 5.41) is 10.8. The summed E-state index contributed by atoms with van der Waals surface area (Å²) in [6, 6.07) is 9.87. The van der Waals surface area contributed by atoms with Crippen LogP contribution in [0, 0.1) is 11.6 Å². The molecule has 3 N–H and O–H groups in total. The number of benzene rings is 2. The van der Waals surface area contributed by atoms with Crippen molar-refractivity contribution in [1.82, 2.24) is 0 Å². The predicted molar refractivity (Wildman–Crippen MR) is 74.6 cm³/mol. The summed E-state index contributed by atoms with van der Waals surface area (Å²) in [7, 11) is 0. The highest BCUT2D eigenvalue weighted by Crippen LogP contribution is 2.34. The molecule has 20 heavy (non-hydrogen) atoms. The summed E-state index contributed by atoms with van der Waals surface area (Å²) in [6.45, 7) is 0.0370. The minimum atomic E-state index is -1.03. The van der Waals surface area contributed by atoms with E-state index in [4.69, 9.17) is 17.3 Å². The Kier molecular flexibility index (Phi) is 4.70.